The van der Waals surface area contributed by atoms with Crippen LogP contribution in [0.3, 0.4) is 0 Å². The molecular formula is C7H15N3O3S. The van der Waals surface area contributed by atoms with Gasteiger partial charge in [-0.3, -0.25) is 4.79 Å². The average Bonchev–Trinajstić information content (AvgIpc) is 2.02. The summed E-state index contributed by atoms with van der Waals surface area (Å²) in [6.07, 6.45) is 0. The van der Waals surface area contributed by atoms with Gasteiger partial charge in [0, 0.05) is 33.1 Å². The van der Waals surface area contributed by atoms with Crippen LogP contribution in [0.1, 0.15) is 6.92 Å². The molecule has 0 spiro atoms. The number of likely N-dealkylation sites (N-methyl/N-ethyl adjacent to an activating group) is 1. The van der Waals surface area contributed by atoms with Gasteiger partial charge in [-0.1, -0.05) is 0 Å². The predicted octanol–water partition coefficient (Wildman–Crippen LogP) is -1.39. The molecule has 0 aliphatic carbocycles. The van der Waals surface area contributed by atoms with Gasteiger partial charge in [-0.15, -0.1) is 0 Å². The first-order valence-electron chi connectivity index (χ1n) is 4.39. The normalized spacial score (nSPS) is 20.7. The summed E-state index contributed by atoms with van der Waals surface area (Å²) >= 11 is 0. The third kappa shape index (κ3) is 2.93. The minimum atomic E-state index is -3.60. The van der Waals surface area contributed by atoms with Crippen molar-refractivity contribution in [3.8, 4) is 0 Å². The number of amides is 1. The molecular weight excluding hydrogens is 206 g/mol. The Balaban J connectivity index is 2.60. The van der Waals surface area contributed by atoms with Crippen molar-refractivity contribution < 1.29 is 13.2 Å². The minimum absolute atomic E-state index is 0.430. The third-order valence-corrected chi connectivity index (χ3v) is 3.67. The lowest BCUT2D eigenvalue weighted by atomic mass is 10.4. The number of hydrogen-bond acceptors (Lipinski definition) is 4. The fourth-order valence-corrected chi connectivity index (χ4v) is 2.41. The van der Waals surface area contributed by atoms with Crippen LogP contribution in [0.15, 0.2) is 0 Å². The number of carbonyl (C=O) groups is 1. The zero-order chi connectivity index (χ0) is 10.8. The fourth-order valence-electron chi connectivity index (χ4n) is 1.27. The standard InChI is InChI=1S/C7H15N3O3S/c1-7(11)8-14(12,13)10-5-3-9(2)4-6-10/h3-6H2,1-2H3,(H,8,11). The van der Waals surface area contributed by atoms with Crippen LogP contribution >= 0.6 is 0 Å². The van der Waals surface area contributed by atoms with E-state index >= 15 is 0 Å². The molecule has 1 aliphatic heterocycles. The molecule has 0 bridgehead atoms. The molecule has 0 aromatic carbocycles. The van der Waals surface area contributed by atoms with Crippen molar-refractivity contribution >= 4 is 16.1 Å². The highest BCUT2D eigenvalue weighted by Gasteiger charge is 2.25. The Labute approximate surface area is 84.1 Å². The number of nitrogens with one attached hydrogen (secondary N) is 1. The van der Waals surface area contributed by atoms with Crippen LogP contribution in [0.25, 0.3) is 0 Å². The molecule has 14 heavy (non-hydrogen) atoms. The van der Waals surface area contributed by atoms with Gasteiger partial charge in [-0.25, -0.2) is 4.72 Å². The topological polar surface area (TPSA) is 69.7 Å². The molecule has 1 saturated heterocycles. The van der Waals surface area contributed by atoms with E-state index in [1.807, 2.05) is 16.7 Å². The first kappa shape index (κ1) is 11.4. The Bertz CT molecular complexity index is 306. The summed E-state index contributed by atoms with van der Waals surface area (Å²) in [6.45, 7) is 3.43. The molecule has 6 nitrogen and oxygen atoms in total. The van der Waals surface area contributed by atoms with E-state index in [2.05, 4.69) is 0 Å². The molecule has 1 N–H and O–H groups in total. The van der Waals surface area contributed by atoms with Crippen molar-refractivity contribution in [1.82, 2.24) is 13.9 Å². The Morgan fingerprint density at radius 2 is 1.71 bits per heavy atom. The lowest BCUT2D eigenvalue weighted by Gasteiger charge is -2.31. The molecule has 1 amide bonds. The first-order valence-corrected chi connectivity index (χ1v) is 5.83. The molecule has 0 saturated carbocycles. The van der Waals surface area contributed by atoms with Gasteiger partial charge in [-0.2, -0.15) is 12.7 Å². The van der Waals surface area contributed by atoms with E-state index in [0.717, 1.165) is 0 Å². The monoisotopic (exact) mass is 221 g/mol. The summed E-state index contributed by atoms with van der Waals surface area (Å²) in [6, 6.07) is 0. The summed E-state index contributed by atoms with van der Waals surface area (Å²) in [4.78, 5) is 12.7. The smallest absolute Gasteiger partial charge is 0.303 e. The molecule has 7 heteroatoms. The van der Waals surface area contributed by atoms with Gasteiger partial charge in [0.1, 0.15) is 0 Å². The molecule has 1 aliphatic rings. The lowest BCUT2D eigenvalue weighted by molar-refractivity contribution is -0.117. The zero-order valence-electron chi connectivity index (χ0n) is 8.36. The van der Waals surface area contributed by atoms with E-state index in [0.29, 0.717) is 26.2 Å². The van der Waals surface area contributed by atoms with E-state index in [9.17, 15) is 13.2 Å². The third-order valence-electron chi connectivity index (χ3n) is 2.07. The number of nitrogens with zero attached hydrogens (tertiary/aromatic N) is 2. The zero-order valence-corrected chi connectivity index (χ0v) is 9.17. The number of hydrogen-bond donors (Lipinski definition) is 1. The highest BCUT2D eigenvalue weighted by Crippen LogP contribution is 2.03. The Kier molecular flexibility index (Phi) is 3.46. The van der Waals surface area contributed by atoms with Gasteiger partial charge < -0.3 is 4.90 Å². The molecule has 1 rings (SSSR count). The summed E-state index contributed by atoms with van der Waals surface area (Å²) in [7, 11) is -1.67. The molecule has 1 heterocycles. The predicted molar refractivity (Wildman–Crippen MR) is 51.8 cm³/mol. The quantitative estimate of drug-likeness (QED) is 0.623. The number of carbonyl (C=O) groups excluding carboxylic acids is 1. The Hall–Kier alpha value is -0.660. The second-order valence-electron chi connectivity index (χ2n) is 3.37. The van der Waals surface area contributed by atoms with Crippen LogP contribution in [0.4, 0.5) is 0 Å². The second-order valence-corrected chi connectivity index (χ2v) is 5.04. The molecule has 82 valence electrons. The molecule has 0 radical (unpaired) electrons. The van der Waals surface area contributed by atoms with E-state index in [4.69, 9.17) is 0 Å². The summed E-state index contributed by atoms with van der Waals surface area (Å²) in [5, 5.41) is 0. The van der Waals surface area contributed by atoms with Crippen LogP contribution in [-0.2, 0) is 15.0 Å². The van der Waals surface area contributed by atoms with E-state index in [1.54, 1.807) is 0 Å². The van der Waals surface area contributed by atoms with Crippen LogP contribution in [0, 0.1) is 0 Å². The maximum atomic E-state index is 11.5. The largest absolute Gasteiger partial charge is 0.304 e. The lowest BCUT2D eigenvalue weighted by Crippen LogP contribution is -2.51. The fraction of sp³-hybridized carbons (Fsp3) is 0.857. The maximum Gasteiger partial charge on any atom is 0.303 e. The van der Waals surface area contributed by atoms with E-state index in [1.165, 1.54) is 11.2 Å². The minimum Gasteiger partial charge on any atom is -0.304 e. The average molecular weight is 221 g/mol. The van der Waals surface area contributed by atoms with Crippen LogP contribution < -0.4 is 4.72 Å². The second kappa shape index (κ2) is 4.24. The van der Waals surface area contributed by atoms with Crippen molar-refractivity contribution in [2.45, 2.75) is 6.92 Å². The highest BCUT2D eigenvalue weighted by atomic mass is 32.2. The first-order chi connectivity index (χ1) is 6.42. The number of piperazine rings is 1. The van der Waals surface area contributed by atoms with Crippen LogP contribution in [0.5, 0.6) is 0 Å². The summed E-state index contributed by atoms with van der Waals surface area (Å²) in [5.74, 6) is -0.552. The van der Waals surface area contributed by atoms with Crippen molar-refractivity contribution in [1.29, 1.82) is 0 Å². The van der Waals surface area contributed by atoms with Gasteiger partial charge in [0.25, 0.3) is 0 Å². The molecule has 1 fully saturated rings. The van der Waals surface area contributed by atoms with Gasteiger partial charge >= 0.3 is 10.2 Å². The van der Waals surface area contributed by atoms with Crippen molar-refractivity contribution in [3.63, 3.8) is 0 Å². The molecule has 0 aromatic heterocycles. The SMILES string of the molecule is CC(=O)NS(=O)(=O)N1CCN(C)CC1. The number of rotatable bonds is 2. The molecule has 0 atom stereocenters. The molecule has 0 unspecified atom stereocenters. The van der Waals surface area contributed by atoms with Crippen molar-refractivity contribution in [3.05, 3.63) is 0 Å². The van der Waals surface area contributed by atoms with Crippen LogP contribution in [-0.4, -0.2) is 56.8 Å². The maximum absolute atomic E-state index is 11.5. The van der Waals surface area contributed by atoms with Gasteiger partial charge in [0.15, 0.2) is 0 Å². The Morgan fingerprint density at radius 3 is 2.14 bits per heavy atom. The van der Waals surface area contributed by atoms with Crippen molar-refractivity contribution in [2.24, 2.45) is 0 Å². The van der Waals surface area contributed by atoms with Crippen LogP contribution in [0.2, 0.25) is 0 Å². The molecule has 0 aromatic rings. The summed E-state index contributed by atoms with van der Waals surface area (Å²) < 4.78 is 26.2. The highest BCUT2D eigenvalue weighted by molar-refractivity contribution is 7.87. The van der Waals surface area contributed by atoms with Gasteiger partial charge in [0.05, 0.1) is 0 Å². The van der Waals surface area contributed by atoms with E-state index < -0.39 is 16.1 Å². The van der Waals surface area contributed by atoms with Gasteiger partial charge in [-0.05, 0) is 7.05 Å². The summed E-state index contributed by atoms with van der Waals surface area (Å²) in [5.41, 5.74) is 0. The Morgan fingerprint density at radius 1 is 1.21 bits per heavy atom. The van der Waals surface area contributed by atoms with Gasteiger partial charge in [0.2, 0.25) is 5.91 Å². The van der Waals surface area contributed by atoms with E-state index in [-0.39, 0.29) is 0 Å². The van der Waals surface area contributed by atoms with Crippen molar-refractivity contribution in [2.75, 3.05) is 33.2 Å².